The van der Waals surface area contributed by atoms with Crippen molar-refractivity contribution in [2.75, 3.05) is 0 Å². The van der Waals surface area contributed by atoms with Gasteiger partial charge in [0.1, 0.15) is 23.6 Å². The van der Waals surface area contributed by atoms with Crippen molar-refractivity contribution in [1.29, 1.82) is 0 Å². The molecule has 0 bridgehead atoms. The Morgan fingerprint density at radius 1 is 0.931 bits per heavy atom. The van der Waals surface area contributed by atoms with Crippen LogP contribution in [0.2, 0.25) is 0 Å². The van der Waals surface area contributed by atoms with Gasteiger partial charge in [-0.05, 0) is 25.3 Å². The Kier molecular flexibility index (Phi) is 4.12. The van der Waals surface area contributed by atoms with Gasteiger partial charge in [-0.15, -0.1) is 0 Å². The predicted octanol–water partition coefficient (Wildman–Crippen LogP) is 4.57. The van der Waals surface area contributed by atoms with Crippen LogP contribution in [0.3, 0.4) is 0 Å². The molecule has 0 saturated carbocycles. The van der Waals surface area contributed by atoms with Crippen LogP contribution in [0.1, 0.15) is 23.0 Å². The van der Waals surface area contributed by atoms with E-state index in [-0.39, 0.29) is 0 Å². The molecule has 6 nitrogen and oxygen atoms in total. The smallest absolute Gasteiger partial charge is 0.181 e. The maximum absolute atomic E-state index is 5.11. The second kappa shape index (κ2) is 6.81. The monoisotopic (exact) mass is 383 g/mol. The largest absolute Gasteiger partial charge is 0.451 e. The average molecular weight is 383 g/mol. The quantitative estimate of drug-likeness (QED) is 0.454. The second-order valence-corrected chi connectivity index (χ2v) is 7.30. The van der Waals surface area contributed by atoms with Crippen molar-refractivity contribution in [2.24, 2.45) is 7.05 Å². The zero-order chi connectivity index (χ0) is 20.0. The van der Waals surface area contributed by atoms with E-state index >= 15 is 0 Å². The van der Waals surface area contributed by atoms with Gasteiger partial charge in [0.05, 0.1) is 22.4 Å². The highest BCUT2D eigenvalue weighted by Crippen LogP contribution is 2.26. The Labute approximate surface area is 168 Å². The fourth-order valence-electron chi connectivity index (χ4n) is 4.03. The highest BCUT2D eigenvalue weighted by Gasteiger charge is 2.15. The maximum atomic E-state index is 5.11. The second-order valence-electron chi connectivity index (χ2n) is 7.30. The summed E-state index contributed by atoms with van der Waals surface area (Å²) in [6.45, 7) is 3.98. The Morgan fingerprint density at radius 2 is 1.72 bits per heavy atom. The molecule has 0 unspecified atom stereocenters. The maximum Gasteiger partial charge on any atom is 0.181 e. The molecule has 3 heterocycles. The first kappa shape index (κ1) is 17.6. The summed E-state index contributed by atoms with van der Waals surface area (Å²) in [5, 5.41) is 2.40. The van der Waals surface area contributed by atoms with Gasteiger partial charge in [0.2, 0.25) is 0 Å². The van der Waals surface area contributed by atoms with Crippen molar-refractivity contribution in [3.8, 4) is 11.3 Å². The van der Waals surface area contributed by atoms with E-state index < -0.39 is 0 Å². The molecule has 0 saturated heterocycles. The van der Waals surface area contributed by atoms with E-state index in [1.807, 2.05) is 13.8 Å². The molecule has 3 aromatic heterocycles. The molecule has 0 amide bonds. The van der Waals surface area contributed by atoms with Crippen molar-refractivity contribution < 1.29 is 4.42 Å². The van der Waals surface area contributed by atoms with E-state index in [1.54, 1.807) is 6.26 Å². The lowest BCUT2D eigenvalue weighted by Gasteiger charge is -2.09. The lowest BCUT2D eigenvalue weighted by Crippen LogP contribution is -2.06. The Bertz CT molecular complexity index is 1310. The van der Waals surface area contributed by atoms with Crippen LogP contribution in [0.15, 0.2) is 53.5 Å². The van der Waals surface area contributed by atoms with Crippen LogP contribution in [0.5, 0.6) is 0 Å². The van der Waals surface area contributed by atoms with Gasteiger partial charge in [-0.1, -0.05) is 30.3 Å². The minimum absolute atomic E-state index is 0.732. The molecule has 0 aliphatic carbocycles. The molecular formula is C23H21N5O. The van der Waals surface area contributed by atoms with Crippen LogP contribution in [0.4, 0.5) is 0 Å². The normalized spacial score (nSPS) is 11.6. The van der Waals surface area contributed by atoms with Gasteiger partial charge in [-0.2, -0.15) is 0 Å². The molecule has 2 aromatic carbocycles. The molecule has 0 fully saturated rings. The van der Waals surface area contributed by atoms with Gasteiger partial charge in [0.25, 0.3) is 0 Å². The number of aryl methyl sites for hydroxylation is 5. The third-order valence-corrected chi connectivity index (χ3v) is 5.45. The molecule has 29 heavy (non-hydrogen) atoms. The topological polar surface area (TPSA) is 69.6 Å². The number of aromatic nitrogens is 5. The number of imidazole rings is 1. The molecule has 0 aliphatic heterocycles. The van der Waals surface area contributed by atoms with E-state index in [9.17, 15) is 0 Å². The predicted molar refractivity (Wildman–Crippen MR) is 113 cm³/mol. The van der Waals surface area contributed by atoms with Gasteiger partial charge < -0.3 is 8.98 Å². The number of fused-ring (bicyclic) bond motifs is 3. The lowest BCUT2D eigenvalue weighted by atomic mass is 10.1. The van der Waals surface area contributed by atoms with Crippen molar-refractivity contribution in [3.05, 3.63) is 72.1 Å². The van der Waals surface area contributed by atoms with E-state index in [2.05, 4.69) is 53.0 Å². The highest BCUT2D eigenvalue weighted by molar-refractivity contribution is 6.04. The van der Waals surface area contributed by atoms with Crippen LogP contribution >= 0.6 is 0 Å². The summed E-state index contributed by atoms with van der Waals surface area (Å²) in [6, 6.07) is 12.7. The molecule has 0 aliphatic rings. The first-order chi connectivity index (χ1) is 14.1. The molecule has 0 radical (unpaired) electrons. The summed E-state index contributed by atoms with van der Waals surface area (Å²) in [5.74, 6) is 1.86. The zero-order valence-corrected chi connectivity index (χ0v) is 16.7. The SMILES string of the molecule is Cc1nc(CCc2nc3c4ccccc4ccc3n2C)nc(C)c1-c1cocn1. The standard InChI is InChI=1S/C23H21N5O/c1-14-22(18-12-29-13-24-18)15(2)26-20(25-14)10-11-21-27-23-17-7-5-4-6-16(17)8-9-19(23)28(21)3/h4-9,12-13H,10-11H2,1-3H3. The first-order valence-corrected chi connectivity index (χ1v) is 9.67. The number of nitrogens with zero attached hydrogens (tertiary/aromatic N) is 5. The van der Waals surface area contributed by atoms with E-state index in [0.29, 0.717) is 0 Å². The van der Waals surface area contributed by atoms with E-state index in [4.69, 9.17) is 19.4 Å². The third kappa shape index (κ3) is 2.97. The van der Waals surface area contributed by atoms with Gasteiger partial charge in [0, 0.05) is 30.8 Å². The summed E-state index contributed by atoms with van der Waals surface area (Å²) in [4.78, 5) is 18.6. The molecule has 0 atom stereocenters. The average Bonchev–Trinajstić information content (AvgIpc) is 3.34. The summed E-state index contributed by atoms with van der Waals surface area (Å²) < 4.78 is 7.28. The van der Waals surface area contributed by atoms with Crippen LogP contribution in [0, 0.1) is 13.8 Å². The number of oxazole rings is 1. The van der Waals surface area contributed by atoms with Crippen molar-refractivity contribution in [1.82, 2.24) is 24.5 Å². The fourth-order valence-corrected chi connectivity index (χ4v) is 4.03. The van der Waals surface area contributed by atoms with Crippen molar-refractivity contribution in [3.63, 3.8) is 0 Å². The number of hydrogen-bond acceptors (Lipinski definition) is 5. The van der Waals surface area contributed by atoms with Gasteiger partial charge in [0.15, 0.2) is 6.39 Å². The summed E-state index contributed by atoms with van der Waals surface area (Å²) in [6.07, 6.45) is 4.57. The van der Waals surface area contributed by atoms with Gasteiger partial charge in [-0.3, -0.25) is 0 Å². The summed E-state index contributed by atoms with van der Waals surface area (Å²) in [7, 11) is 2.07. The number of hydrogen-bond donors (Lipinski definition) is 0. The van der Waals surface area contributed by atoms with Crippen molar-refractivity contribution in [2.45, 2.75) is 26.7 Å². The summed E-state index contributed by atoms with van der Waals surface area (Å²) >= 11 is 0. The Morgan fingerprint density at radius 3 is 2.48 bits per heavy atom. The zero-order valence-electron chi connectivity index (χ0n) is 16.7. The molecule has 5 rings (SSSR count). The van der Waals surface area contributed by atoms with Gasteiger partial charge >= 0.3 is 0 Å². The third-order valence-electron chi connectivity index (χ3n) is 5.45. The van der Waals surface area contributed by atoms with Crippen LogP contribution in [0.25, 0.3) is 33.1 Å². The lowest BCUT2D eigenvalue weighted by molar-refractivity contribution is 0.558. The molecular weight excluding hydrogens is 362 g/mol. The molecule has 0 spiro atoms. The Hall–Kier alpha value is -3.54. The van der Waals surface area contributed by atoms with Gasteiger partial charge in [-0.25, -0.2) is 19.9 Å². The molecule has 144 valence electrons. The minimum Gasteiger partial charge on any atom is -0.451 e. The van der Waals surface area contributed by atoms with Crippen LogP contribution in [-0.2, 0) is 19.9 Å². The first-order valence-electron chi connectivity index (χ1n) is 9.67. The van der Waals surface area contributed by atoms with Crippen LogP contribution < -0.4 is 0 Å². The fraction of sp³-hybridized carbons (Fsp3) is 0.217. The molecule has 0 N–H and O–H groups in total. The number of benzene rings is 2. The van der Waals surface area contributed by atoms with Crippen LogP contribution in [-0.4, -0.2) is 24.5 Å². The number of rotatable bonds is 4. The van der Waals surface area contributed by atoms with E-state index in [1.165, 1.54) is 17.2 Å². The Balaban J connectivity index is 1.46. The highest BCUT2D eigenvalue weighted by atomic mass is 16.3. The summed E-state index contributed by atoms with van der Waals surface area (Å²) in [5.41, 5.74) is 5.74. The molecule has 6 heteroatoms. The van der Waals surface area contributed by atoms with E-state index in [0.717, 1.165) is 58.2 Å². The van der Waals surface area contributed by atoms with Crippen molar-refractivity contribution >= 4 is 21.8 Å². The molecule has 5 aromatic rings. The minimum atomic E-state index is 0.732.